The molecule has 1 aliphatic carbocycles. The lowest BCUT2D eigenvalue weighted by Gasteiger charge is -2.33. The maximum Gasteiger partial charge on any atom is 0.416 e. The van der Waals surface area contributed by atoms with Gasteiger partial charge in [0.2, 0.25) is 11.7 Å². The molecule has 35 heavy (non-hydrogen) atoms. The van der Waals surface area contributed by atoms with Gasteiger partial charge in [-0.3, -0.25) is 4.79 Å². The number of anilines is 2. The largest absolute Gasteiger partial charge is 0.416 e. The number of carbonyl (C=O) groups is 1. The molecular formula is C25H25F4N5O. The van der Waals surface area contributed by atoms with Gasteiger partial charge in [-0.05, 0) is 54.5 Å². The van der Waals surface area contributed by atoms with Crippen LogP contribution < -0.4 is 16.4 Å². The molecule has 6 nitrogen and oxygen atoms in total. The van der Waals surface area contributed by atoms with Crippen molar-refractivity contribution >= 4 is 17.5 Å². The number of carbonyl (C=O) groups excluding carboxylic acids is 1. The number of alkyl halides is 3. The topological polar surface area (TPSA) is 92.9 Å². The first kappa shape index (κ1) is 24.4. The van der Waals surface area contributed by atoms with Crippen LogP contribution in [0, 0.1) is 11.7 Å². The molecule has 1 atom stereocenters. The molecule has 10 heteroatoms. The fourth-order valence-electron chi connectivity index (χ4n) is 4.06. The van der Waals surface area contributed by atoms with Crippen LogP contribution in [0.4, 0.5) is 29.2 Å². The van der Waals surface area contributed by atoms with Crippen molar-refractivity contribution in [2.75, 3.05) is 10.6 Å². The number of hydrogen-bond donors (Lipinski definition) is 3. The first-order valence-electron chi connectivity index (χ1n) is 11.1. The molecule has 1 aliphatic rings. The molecule has 1 amide bonds. The summed E-state index contributed by atoms with van der Waals surface area (Å²) in [4.78, 5) is 19.1. The van der Waals surface area contributed by atoms with Crippen molar-refractivity contribution in [3.05, 3.63) is 82.9 Å². The number of aromatic nitrogens is 2. The third kappa shape index (κ3) is 5.70. The van der Waals surface area contributed by atoms with Crippen molar-refractivity contribution in [3.63, 3.8) is 0 Å². The van der Waals surface area contributed by atoms with Gasteiger partial charge in [0.05, 0.1) is 17.5 Å². The smallest absolute Gasteiger partial charge is 0.369 e. The number of halogens is 4. The predicted octanol–water partition coefficient (Wildman–Crippen LogP) is 5.01. The second kappa shape index (κ2) is 9.52. The average Bonchev–Trinajstić information content (AvgIpc) is 3.66. The second-order valence-electron chi connectivity index (χ2n) is 8.87. The van der Waals surface area contributed by atoms with Crippen LogP contribution in [0.25, 0.3) is 0 Å². The summed E-state index contributed by atoms with van der Waals surface area (Å²) in [5, 5.41) is 6.07. The highest BCUT2D eigenvalue weighted by Gasteiger charge is 2.44. The van der Waals surface area contributed by atoms with E-state index in [1.54, 1.807) is 24.3 Å². The maximum atomic E-state index is 15.3. The van der Waals surface area contributed by atoms with E-state index in [-0.39, 0.29) is 30.5 Å². The molecule has 1 unspecified atom stereocenters. The summed E-state index contributed by atoms with van der Waals surface area (Å²) in [6, 6.07) is 12.1. The second-order valence-corrected chi connectivity index (χ2v) is 8.87. The van der Waals surface area contributed by atoms with Gasteiger partial charge in [0.1, 0.15) is 6.33 Å². The Kier molecular flexibility index (Phi) is 6.64. The number of benzene rings is 2. The van der Waals surface area contributed by atoms with E-state index < -0.39 is 29.0 Å². The Balaban J connectivity index is 1.50. The number of hydrogen-bond acceptors (Lipinski definition) is 5. The SMILES string of the molecule is CC(Nc1ncnc(NCc2ccc(CC(N)=O)cc2)c1F)(c1ccc(C(F)(F)F)cc1)C1CC1. The Labute approximate surface area is 200 Å². The van der Waals surface area contributed by atoms with Gasteiger partial charge >= 0.3 is 6.18 Å². The van der Waals surface area contributed by atoms with Gasteiger partial charge in [0.25, 0.3) is 0 Å². The monoisotopic (exact) mass is 487 g/mol. The lowest BCUT2D eigenvalue weighted by Crippen LogP contribution is -2.35. The molecule has 0 radical (unpaired) electrons. The fraction of sp³-hybridized carbons (Fsp3) is 0.320. The Morgan fingerprint density at radius 2 is 1.54 bits per heavy atom. The Morgan fingerprint density at radius 3 is 2.11 bits per heavy atom. The third-order valence-electron chi connectivity index (χ3n) is 6.23. The van der Waals surface area contributed by atoms with Crippen molar-refractivity contribution in [2.24, 2.45) is 11.7 Å². The van der Waals surface area contributed by atoms with Crippen LogP contribution in [0.15, 0.2) is 54.9 Å². The molecule has 2 aromatic carbocycles. The normalized spacial score (nSPS) is 15.3. The Morgan fingerprint density at radius 1 is 0.971 bits per heavy atom. The minimum absolute atomic E-state index is 0.00530. The van der Waals surface area contributed by atoms with E-state index in [0.717, 1.165) is 36.1 Å². The zero-order valence-electron chi connectivity index (χ0n) is 19.0. The fourth-order valence-corrected chi connectivity index (χ4v) is 4.06. The summed E-state index contributed by atoms with van der Waals surface area (Å²) >= 11 is 0. The predicted molar refractivity (Wildman–Crippen MR) is 124 cm³/mol. The van der Waals surface area contributed by atoms with Gasteiger partial charge in [-0.1, -0.05) is 36.4 Å². The van der Waals surface area contributed by atoms with Crippen LogP contribution in [0.2, 0.25) is 0 Å². The van der Waals surface area contributed by atoms with Gasteiger partial charge in [0.15, 0.2) is 11.6 Å². The number of primary amides is 1. The van der Waals surface area contributed by atoms with Crippen LogP contribution in [0.1, 0.15) is 42.0 Å². The summed E-state index contributed by atoms with van der Waals surface area (Å²) in [5.74, 6) is -1.02. The average molecular weight is 488 g/mol. The van der Waals surface area contributed by atoms with Crippen molar-refractivity contribution in [3.8, 4) is 0 Å². The molecule has 1 saturated carbocycles. The molecule has 1 heterocycles. The molecule has 1 aromatic heterocycles. The highest BCUT2D eigenvalue weighted by molar-refractivity contribution is 5.76. The Hall–Kier alpha value is -3.69. The highest BCUT2D eigenvalue weighted by Crippen LogP contribution is 2.48. The first-order valence-corrected chi connectivity index (χ1v) is 11.1. The number of nitrogens with two attached hydrogens (primary N) is 1. The van der Waals surface area contributed by atoms with Crippen LogP contribution in [-0.2, 0) is 29.5 Å². The molecule has 4 N–H and O–H groups in total. The van der Waals surface area contributed by atoms with Crippen molar-refractivity contribution in [1.82, 2.24) is 9.97 Å². The molecular weight excluding hydrogens is 462 g/mol. The number of nitrogens with zero attached hydrogens (tertiary/aromatic N) is 2. The van der Waals surface area contributed by atoms with Crippen LogP contribution in [0.3, 0.4) is 0 Å². The van der Waals surface area contributed by atoms with E-state index in [1.807, 2.05) is 6.92 Å². The summed E-state index contributed by atoms with van der Waals surface area (Å²) in [6.45, 7) is 2.12. The van der Waals surface area contributed by atoms with Crippen LogP contribution in [-0.4, -0.2) is 15.9 Å². The molecule has 3 aromatic rings. The molecule has 1 fully saturated rings. The lowest BCUT2D eigenvalue weighted by atomic mass is 9.86. The first-order chi connectivity index (χ1) is 16.6. The van der Waals surface area contributed by atoms with Crippen molar-refractivity contribution in [2.45, 2.75) is 44.4 Å². The standard InChI is InChI=1S/C25H25F4N5O/c1-24(17-6-7-17,18-8-10-19(11-9-18)25(27,28)29)34-23-21(26)22(32-14-33-23)31-13-16-4-2-15(3-5-16)12-20(30)35/h2-5,8-11,14,17H,6-7,12-13H2,1H3,(H2,30,35)(H2,31,32,33,34). The lowest BCUT2D eigenvalue weighted by molar-refractivity contribution is -0.137. The molecule has 0 spiro atoms. The molecule has 184 valence electrons. The number of nitrogens with one attached hydrogen (secondary N) is 2. The summed E-state index contributed by atoms with van der Waals surface area (Å²) in [7, 11) is 0. The summed E-state index contributed by atoms with van der Waals surface area (Å²) < 4.78 is 54.2. The molecule has 0 saturated heterocycles. The zero-order chi connectivity index (χ0) is 25.2. The number of amides is 1. The molecule has 0 aliphatic heterocycles. The van der Waals surface area contributed by atoms with E-state index in [9.17, 15) is 18.0 Å². The molecule has 0 bridgehead atoms. The van der Waals surface area contributed by atoms with Gasteiger partial charge in [-0.25, -0.2) is 9.97 Å². The summed E-state index contributed by atoms with van der Waals surface area (Å²) in [5.41, 5.74) is 5.91. The van der Waals surface area contributed by atoms with Crippen LogP contribution in [0.5, 0.6) is 0 Å². The van der Waals surface area contributed by atoms with Crippen molar-refractivity contribution in [1.29, 1.82) is 0 Å². The third-order valence-corrected chi connectivity index (χ3v) is 6.23. The minimum Gasteiger partial charge on any atom is -0.369 e. The van der Waals surface area contributed by atoms with E-state index >= 15 is 4.39 Å². The quantitative estimate of drug-likeness (QED) is 0.369. The van der Waals surface area contributed by atoms with E-state index in [4.69, 9.17) is 5.73 Å². The van der Waals surface area contributed by atoms with Gasteiger partial charge < -0.3 is 16.4 Å². The van der Waals surface area contributed by atoms with E-state index in [0.29, 0.717) is 5.56 Å². The number of rotatable bonds is 9. The minimum atomic E-state index is -4.43. The molecule has 4 rings (SSSR count). The van der Waals surface area contributed by atoms with Gasteiger partial charge in [0, 0.05) is 6.54 Å². The highest BCUT2D eigenvalue weighted by atomic mass is 19.4. The van der Waals surface area contributed by atoms with Crippen molar-refractivity contribution < 1.29 is 22.4 Å². The van der Waals surface area contributed by atoms with E-state index in [2.05, 4.69) is 20.6 Å². The Bertz CT molecular complexity index is 1190. The van der Waals surface area contributed by atoms with Gasteiger partial charge in [-0.2, -0.15) is 17.6 Å². The maximum absolute atomic E-state index is 15.3. The van der Waals surface area contributed by atoms with E-state index in [1.165, 1.54) is 18.5 Å². The summed E-state index contributed by atoms with van der Waals surface area (Å²) in [6.07, 6.45) is -1.32. The van der Waals surface area contributed by atoms with Crippen LogP contribution >= 0.6 is 0 Å². The van der Waals surface area contributed by atoms with Gasteiger partial charge in [-0.15, -0.1) is 0 Å². The zero-order valence-corrected chi connectivity index (χ0v) is 19.0.